The third-order valence-corrected chi connectivity index (χ3v) is 6.43. The summed E-state index contributed by atoms with van der Waals surface area (Å²) in [5, 5.41) is 4.70. The second-order valence-electron chi connectivity index (χ2n) is 7.74. The first-order chi connectivity index (χ1) is 15.9. The first kappa shape index (κ1) is 22.4. The standard InChI is InChI=1S/C25H23N3O4S/c1-17(18-9-11-20(12-10-18)19-6-3-2-4-7-19)26-22(29)16-28-24(31)23(30)27(25(28)32)14-13-21-8-5-15-33-21/h2-12,15,17H,13-14,16H2,1H3,(H,26,29)/t17-/m0/s1. The first-order valence-corrected chi connectivity index (χ1v) is 11.5. The van der Waals surface area contributed by atoms with Gasteiger partial charge in [0.05, 0.1) is 6.04 Å². The second kappa shape index (κ2) is 9.79. The molecule has 0 radical (unpaired) electrons. The van der Waals surface area contributed by atoms with Crippen molar-refractivity contribution in [2.45, 2.75) is 19.4 Å². The molecule has 8 heteroatoms. The summed E-state index contributed by atoms with van der Waals surface area (Å²) < 4.78 is 0. The summed E-state index contributed by atoms with van der Waals surface area (Å²) in [5.74, 6) is -2.38. The molecule has 4 rings (SSSR count). The van der Waals surface area contributed by atoms with Crippen LogP contribution < -0.4 is 5.32 Å². The number of rotatable bonds is 8. The summed E-state index contributed by atoms with van der Waals surface area (Å²) >= 11 is 1.51. The normalized spacial score (nSPS) is 14.6. The molecule has 168 valence electrons. The highest BCUT2D eigenvalue weighted by atomic mass is 32.1. The number of amides is 5. The van der Waals surface area contributed by atoms with Crippen LogP contribution in [0.25, 0.3) is 11.1 Å². The van der Waals surface area contributed by atoms with Gasteiger partial charge in [0.2, 0.25) is 5.91 Å². The molecule has 0 unspecified atom stereocenters. The number of thiophene rings is 1. The highest BCUT2D eigenvalue weighted by Crippen LogP contribution is 2.22. The van der Waals surface area contributed by atoms with E-state index in [0.717, 1.165) is 26.5 Å². The number of nitrogens with one attached hydrogen (secondary N) is 1. The Bertz CT molecular complexity index is 1160. The number of hydrogen-bond acceptors (Lipinski definition) is 5. The zero-order valence-corrected chi connectivity index (χ0v) is 18.9. The molecule has 0 spiro atoms. The monoisotopic (exact) mass is 461 g/mol. The molecule has 7 nitrogen and oxygen atoms in total. The van der Waals surface area contributed by atoms with Crippen LogP contribution in [-0.2, 0) is 20.8 Å². The van der Waals surface area contributed by atoms with E-state index in [1.54, 1.807) is 0 Å². The van der Waals surface area contributed by atoms with Crippen LogP contribution in [0.3, 0.4) is 0 Å². The predicted molar refractivity (Wildman–Crippen MR) is 125 cm³/mol. The van der Waals surface area contributed by atoms with Gasteiger partial charge in [-0.1, -0.05) is 60.7 Å². The number of urea groups is 1. The Labute approximate surface area is 195 Å². The van der Waals surface area contributed by atoms with E-state index in [4.69, 9.17) is 0 Å². The van der Waals surface area contributed by atoms with Gasteiger partial charge < -0.3 is 5.32 Å². The van der Waals surface area contributed by atoms with Crippen LogP contribution in [0.1, 0.15) is 23.4 Å². The van der Waals surface area contributed by atoms with Crippen molar-refractivity contribution >= 4 is 35.1 Å². The Kier molecular flexibility index (Phi) is 6.65. The molecule has 1 fully saturated rings. The number of benzene rings is 2. The van der Waals surface area contributed by atoms with E-state index in [2.05, 4.69) is 5.32 Å². The summed E-state index contributed by atoms with van der Waals surface area (Å²) in [6, 6.07) is 20.5. The van der Waals surface area contributed by atoms with Crippen molar-refractivity contribution in [3.8, 4) is 11.1 Å². The fourth-order valence-corrected chi connectivity index (χ4v) is 4.37. The van der Waals surface area contributed by atoms with Crippen LogP contribution in [0.5, 0.6) is 0 Å². The Balaban J connectivity index is 1.34. The van der Waals surface area contributed by atoms with Crippen molar-refractivity contribution in [1.29, 1.82) is 0 Å². The van der Waals surface area contributed by atoms with Crippen molar-refractivity contribution in [3.63, 3.8) is 0 Å². The smallest absolute Gasteiger partial charge is 0.334 e. The molecule has 1 atom stereocenters. The van der Waals surface area contributed by atoms with Gasteiger partial charge in [-0.2, -0.15) is 0 Å². The van der Waals surface area contributed by atoms with Crippen LogP contribution >= 0.6 is 11.3 Å². The molecular formula is C25H23N3O4S. The zero-order valence-electron chi connectivity index (χ0n) is 18.1. The van der Waals surface area contributed by atoms with E-state index in [-0.39, 0.29) is 12.6 Å². The summed E-state index contributed by atoms with van der Waals surface area (Å²) in [6.45, 7) is 1.43. The van der Waals surface area contributed by atoms with E-state index >= 15 is 0 Å². The van der Waals surface area contributed by atoms with Gasteiger partial charge in [0.25, 0.3) is 0 Å². The maximum absolute atomic E-state index is 12.6. The van der Waals surface area contributed by atoms with Crippen LogP contribution in [0.4, 0.5) is 4.79 Å². The highest BCUT2D eigenvalue weighted by Gasteiger charge is 2.44. The Hall–Kier alpha value is -3.78. The van der Waals surface area contributed by atoms with Crippen LogP contribution in [0, 0.1) is 0 Å². The third kappa shape index (κ3) is 5.01. The van der Waals surface area contributed by atoms with Crippen LogP contribution in [0.15, 0.2) is 72.1 Å². The first-order valence-electron chi connectivity index (χ1n) is 10.6. The Morgan fingerprint density at radius 2 is 1.55 bits per heavy atom. The number of nitrogens with zero attached hydrogens (tertiary/aromatic N) is 2. The summed E-state index contributed by atoms with van der Waals surface area (Å²) in [7, 11) is 0. The minimum absolute atomic E-state index is 0.103. The zero-order chi connectivity index (χ0) is 23.4. The molecule has 2 heterocycles. The Morgan fingerprint density at radius 1 is 0.879 bits per heavy atom. The molecule has 33 heavy (non-hydrogen) atoms. The summed E-state index contributed by atoms with van der Waals surface area (Å²) in [6.07, 6.45) is 0.471. The van der Waals surface area contributed by atoms with Crippen molar-refractivity contribution in [3.05, 3.63) is 82.6 Å². The van der Waals surface area contributed by atoms with Gasteiger partial charge >= 0.3 is 17.8 Å². The van der Waals surface area contributed by atoms with E-state index in [1.165, 1.54) is 11.3 Å². The fourth-order valence-electron chi connectivity index (χ4n) is 3.67. The number of hydrogen-bond donors (Lipinski definition) is 1. The number of carbonyl (C=O) groups excluding carboxylic acids is 4. The van der Waals surface area contributed by atoms with E-state index in [0.29, 0.717) is 11.3 Å². The van der Waals surface area contributed by atoms with Crippen molar-refractivity contribution in [2.24, 2.45) is 0 Å². The molecule has 0 saturated carbocycles. The molecule has 0 bridgehead atoms. The van der Waals surface area contributed by atoms with Gasteiger partial charge in [-0.25, -0.2) is 9.69 Å². The molecule has 1 aromatic heterocycles. The predicted octanol–water partition coefficient (Wildman–Crippen LogP) is 3.63. The Morgan fingerprint density at radius 3 is 2.21 bits per heavy atom. The topological polar surface area (TPSA) is 86.8 Å². The molecule has 3 aromatic rings. The van der Waals surface area contributed by atoms with E-state index < -0.39 is 30.3 Å². The lowest BCUT2D eigenvalue weighted by Crippen LogP contribution is -2.42. The SMILES string of the molecule is C[C@H](NC(=O)CN1C(=O)C(=O)N(CCc2cccs2)C1=O)c1ccc(-c2ccccc2)cc1. The lowest BCUT2D eigenvalue weighted by molar-refractivity contribution is -0.144. The maximum atomic E-state index is 12.6. The summed E-state index contributed by atoms with van der Waals surface area (Å²) in [5.41, 5.74) is 3.04. The largest absolute Gasteiger partial charge is 0.348 e. The van der Waals surface area contributed by atoms with Gasteiger partial charge in [-0.05, 0) is 35.1 Å². The molecule has 1 aliphatic rings. The van der Waals surface area contributed by atoms with E-state index in [1.807, 2.05) is 79.0 Å². The van der Waals surface area contributed by atoms with Crippen molar-refractivity contribution in [2.75, 3.05) is 13.1 Å². The van der Waals surface area contributed by atoms with Gasteiger partial charge in [0, 0.05) is 17.8 Å². The molecule has 1 aliphatic heterocycles. The van der Waals surface area contributed by atoms with Crippen molar-refractivity contribution in [1.82, 2.24) is 15.1 Å². The molecule has 1 N–H and O–H groups in total. The highest BCUT2D eigenvalue weighted by molar-refractivity contribution is 7.09. The van der Waals surface area contributed by atoms with Crippen LogP contribution in [0.2, 0.25) is 0 Å². The second-order valence-corrected chi connectivity index (χ2v) is 8.77. The van der Waals surface area contributed by atoms with Gasteiger partial charge in [-0.3, -0.25) is 19.3 Å². The molecule has 5 amide bonds. The third-order valence-electron chi connectivity index (χ3n) is 5.49. The van der Waals surface area contributed by atoms with Gasteiger partial charge in [0.1, 0.15) is 6.54 Å². The quantitative estimate of drug-likeness (QED) is 0.410. The minimum atomic E-state index is -0.971. The number of imide groups is 2. The average molecular weight is 462 g/mol. The molecule has 0 aliphatic carbocycles. The van der Waals surface area contributed by atoms with Gasteiger partial charge in [0.15, 0.2) is 0 Å². The average Bonchev–Trinajstić information content (AvgIpc) is 3.42. The van der Waals surface area contributed by atoms with Crippen molar-refractivity contribution < 1.29 is 19.2 Å². The minimum Gasteiger partial charge on any atom is -0.348 e. The number of carbonyl (C=O) groups is 4. The molecule has 1 saturated heterocycles. The maximum Gasteiger partial charge on any atom is 0.334 e. The fraction of sp³-hybridized carbons (Fsp3) is 0.200. The molecular weight excluding hydrogens is 438 g/mol. The molecule has 2 aromatic carbocycles. The summed E-state index contributed by atoms with van der Waals surface area (Å²) in [4.78, 5) is 52.3. The lowest BCUT2D eigenvalue weighted by atomic mass is 10.0. The van der Waals surface area contributed by atoms with E-state index in [9.17, 15) is 19.2 Å². The lowest BCUT2D eigenvalue weighted by Gasteiger charge is -2.18. The van der Waals surface area contributed by atoms with Crippen LogP contribution in [-0.4, -0.2) is 46.6 Å². The van der Waals surface area contributed by atoms with Gasteiger partial charge in [-0.15, -0.1) is 11.3 Å².